The van der Waals surface area contributed by atoms with Crippen molar-refractivity contribution < 1.29 is 32.2 Å². The van der Waals surface area contributed by atoms with Gasteiger partial charge in [-0.1, -0.05) is 36.4 Å². The highest BCUT2D eigenvalue weighted by atomic mass is 19.4. The first-order valence-corrected chi connectivity index (χ1v) is 15.1. The Balaban J connectivity index is 1.50. The molecule has 0 spiro atoms. The molecule has 0 bridgehead atoms. The van der Waals surface area contributed by atoms with Crippen molar-refractivity contribution in [3.05, 3.63) is 65.9 Å². The lowest BCUT2D eigenvalue weighted by molar-refractivity contribution is -0.274. The third-order valence-electron chi connectivity index (χ3n) is 7.89. The number of hydrogen-bond donors (Lipinski definition) is 2. The van der Waals surface area contributed by atoms with Gasteiger partial charge in [-0.25, -0.2) is 4.79 Å². The summed E-state index contributed by atoms with van der Waals surface area (Å²) in [5.74, 6) is -0.631. The van der Waals surface area contributed by atoms with Crippen LogP contribution in [0.4, 0.5) is 18.0 Å². The number of aromatic nitrogens is 1. The third-order valence-corrected chi connectivity index (χ3v) is 7.89. The predicted molar refractivity (Wildman–Crippen MR) is 165 cm³/mol. The Hall–Kier alpha value is -4.03. The van der Waals surface area contributed by atoms with Gasteiger partial charge < -0.3 is 29.6 Å². The molecule has 3 heterocycles. The van der Waals surface area contributed by atoms with Gasteiger partial charge in [-0.3, -0.25) is 9.69 Å². The zero-order valence-electron chi connectivity index (χ0n) is 26.0. The molecular formula is C33H40F3N5O4. The van der Waals surface area contributed by atoms with E-state index >= 15 is 0 Å². The number of nitrogens with zero attached hydrogens (tertiary/aromatic N) is 3. The summed E-state index contributed by atoms with van der Waals surface area (Å²) < 4.78 is 50.7. The summed E-state index contributed by atoms with van der Waals surface area (Å²) in [5, 5.41) is 5.71. The average Bonchev–Trinajstić information content (AvgIpc) is 3.36. The Morgan fingerprint density at radius 3 is 2.38 bits per heavy atom. The van der Waals surface area contributed by atoms with Crippen LogP contribution in [-0.4, -0.2) is 84.6 Å². The van der Waals surface area contributed by atoms with Crippen molar-refractivity contribution in [2.45, 2.75) is 51.7 Å². The second kappa shape index (κ2) is 13.1. The van der Waals surface area contributed by atoms with Crippen LogP contribution in [0.3, 0.4) is 0 Å². The molecule has 0 radical (unpaired) electrons. The molecular weight excluding hydrogens is 587 g/mol. The molecule has 2 aliphatic rings. The number of nitrogens with one attached hydrogen (secondary N) is 2. The highest BCUT2D eigenvalue weighted by Gasteiger charge is 2.33. The summed E-state index contributed by atoms with van der Waals surface area (Å²) in [4.78, 5) is 30.2. The fourth-order valence-corrected chi connectivity index (χ4v) is 5.77. The molecule has 0 saturated carbocycles. The van der Waals surface area contributed by atoms with Gasteiger partial charge in [0.25, 0.3) is 5.91 Å². The van der Waals surface area contributed by atoms with E-state index in [1.54, 1.807) is 32.9 Å². The van der Waals surface area contributed by atoms with Gasteiger partial charge in [-0.15, -0.1) is 13.2 Å². The number of fused-ring (bicyclic) bond motifs is 1. The number of halogens is 3. The van der Waals surface area contributed by atoms with E-state index in [0.717, 1.165) is 43.9 Å². The van der Waals surface area contributed by atoms with Crippen LogP contribution in [0.15, 0.2) is 54.6 Å². The normalized spacial score (nSPS) is 17.8. The monoisotopic (exact) mass is 627 g/mol. The van der Waals surface area contributed by atoms with E-state index in [9.17, 15) is 22.8 Å². The van der Waals surface area contributed by atoms with Crippen LogP contribution in [-0.2, 0) is 11.3 Å². The quantitative estimate of drug-likeness (QED) is 0.335. The second-order valence-electron chi connectivity index (χ2n) is 12.6. The van der Waals surface area contributed by atoms with Crippen LogP contribution in [0.2, 0.25) is 0 Å². The summed E-state index contributed by atoms with van der Waals surface area (Å²) in [6.45, 7) is 10.8. The van der Waals surface area contributed by atoms with Crippen LogP contribution in [0, 0.1) is 0 Å². The Morgan fingerprint density at radius 2 is 1.71 bits per heavy atom. The van der Waals surface area contributed by atoms with Gasteiger partial charge in [-0.05, 0) is 69.1 Å². The predicted octanol–water partition coefficient (Wildman–Crippen LogP) is 5.67. The molecule has 2 N–H and O–H groups in total. The third kappa shape index (κ3) is 8.37. The van der Waals surface area contributed by atoms with Gasteiger partial charge in [0, 0.05) is 51.4 Å². The maximum Gasteiger partial charge on any atom is 0.573 e. The lowest BCUT2D eigenvalue weighted by Gasteiger charge is -2.32. The van der Waals surface area contributed by atoms with E-state index in [0.29, 0.717) is 42.0 Å². The molecule has 2 amide bonds. The first-order valence-electron chi connectivity index (χ1n) is 15.1. The Morgan fingerprint density at radius 1 is 1.00 bits per heavy atom. The zero-order chi connectivity index (χ0) is 32.4. The smallest absolute Gasteiger partial charge is 0.444 e. The Labute approximate surface area is 261 Å². The van der Waals surface area contributed by atoms with Gasteiger partial charge in [0.2, 0.25) is 0 Å². The molecule has 2 aliphatic heterocycles. The highest BCUT2D eigenvalue weighted by Crippen LogP contribution is 2.40. The van der Waals surface area contributed by atoms with E-state index in [1.807, 2.05) is 16.7 Å². The van der Waals surface area contributed by atoms with Gasteiger partial charge in [-0.2, -0.15) is 0 Å². The number of ether oxygens (including phenoxy) is 2. The van der Waals surface area contributed by atoms with Crippen molar-refractivity contribution >= 4 is 12.0 Å². The number of alkyl halides is 3. The maximum atomic E-state index is 13.1. The SMILES string of the molecule is CN1CCN(Cc2ccc(-c3c(-c4cccc(OC(F)(F)F)c4)cc4n3[C@@H](CCNC(=O)OC(C)(C)C)CNC4=O)cc2)CC1. The minimum atomic E-state index is -4.84. The molecule has 1 saturated heterocycles. The van der Waals surface area contributed by atoms with Crippen molar-refractivity contribution in [2.75, 3.05) is 46.3 Å². The number of amides is 2. The number of likely N-dealkylation sites (N-methyl/N-ethyl adjacent to an activating group) is 1. The van der Waals surface area contributed by atoms with E-state index in [4.69, 9.17) is 4.74 Å². The van der Waals surface area contributed by atoms with E-state index in [2.05, 4.69) is 44.4 Å². The summed E-state index contributed by atoms with van der Waals surface area (Å²) in [5.41, 5.74) is 3.50. The van der Waals surface area contributed by atoms with Gasteiger partial charge in [0.05, 0.1) is 11.7 Å². The second-order valence-corrected chi connectivity index (χ2v) is 12.6. The maximum absolute atomic E-state index is 13.1. The summed E-state index contributed by atoms with van der Waals surface area (Å²) >= 11 is 0. The molecule has 2 aromatic carbocycles. The molecule has 1 aromatic heterocycles. The largest absolute Gasteiger partial charge is 0.573 e. The van der Waals surface area contributed by atoms with Crippen LogP contribution >= 0.6 is 0 Å². The molecule has 0 unspecified atom stereocenters. The molecule has 12 heteroatoms. The van der Waals surface area contributed by atoms with Crippen molar-refractivity contribution in [3.63, 3.8) is 0 Å². The summed E-state index contributed by atoms with van der Waals surface area (Å²) in [6.07, 6.45) is -4.90. The summed E-state index contributed by atoms with van der Waals surface area (Å²) in [7, 11) is 2.12. The lowest BCUT2D eigenvalue weighted by atomic mass is 9.99. The molecule has 1 fully saturated rings. The van der Waals surface area contributed by atoms with Gasteiger partial charge in [0.1, 0.15) is 17.0 Å². The van der Waals surface area contributed by atoms with Crippen LogP contribution < -0.4 is 15.4 Å². The Kier molecular flexibility index (Phi) is 9.45. The number of hydrogen-bond acceptors (Lipinski definition) is 6. The molecule has 45 heavy (non-hydrogen) atoms. The van der Waals surface area contributed by atoms with Crippen LogP contribution in [0.1, 0.15) is 49.3 Å². The molecule has 1 atom stereocenters. The minimum Gasteiger partial charge on any atom is -0.444 e. The topological polar surface area (TPSA) is 88.1 Å². The number of carbonyl (C=O) groups excluding carboxylic acids is 2. The molecule has 9 nitrogen and oxygen atoms in total. The number of carbonyl (C=O) groups is 2. The Bertz CT molecular complexity index is 1510. The summed E-state index contributed by atoms with van der Waals surface area (Å²) in [6, 6.07) is 15.4. The fraction of sp³-hybridized carbons (Fsp3) is 0.455. The van der Waals surface area contributed by atoms with Crippen molar-refractivity contribution in [3.8, 4) is 28.1 Å². The van der Waals surface area contributed by atoms with Gasteiger partial charge in [0.15, 0.2) is 0 Å². The van der Waals surface area contributed by atoms with E-state index in [-0.39, 0.29) is 17.7 Å². The molecule has 5 rings (SSSR count). The van der Waals surface area contributed by atoms with E-state index in [1.165, 1.54) is 18.2 Å². The van der Waals surface area contributed by atoms with Crippen LogP contribution in [0.25, 0.3) is 22.4 Å². The highest BCUT2D eigenvalue weighted by molar-refractivity contribution is 5.98. The van der Waals surface area contributed by atoms with Crippen molar-refractivity contribution in [2.24, 2.45) is 0 Å². The average molecular weight is 628 g/mol. The first kappa shape index (κ1) is 32.4. The molecule has 242 valence electrons. The zero-order valence-corrected chi connectivity index (χ0v) is 26.0. The lowest BCUT2D eigenvalue weighted by Crippen LogP contribution is -2.43. The number of alkyl carbamates (subject to hydrolysis) is 1. The number of piperazine rings is 1. The first-order chi connectivity index (χ1) is 21.3. The molecule has 0 aliphatic carbocycles. The minimum absolute atomic E-state index is 0.240. The van der Waals surface area contributed by atoms with Crippen LogP contribution in [0.5, 0.6) is 5.75 Å². The van der Waals surface area contributed by atoms with Crippen molar-refractivity contribution in [1.82, 2.24) is 25.0 Å². The molecule has 3 aromatic rings. The fourth-order valence-electron chi connectivity index (χ4n) is 5.77. The van der Waals surface area contributed by atoms with Gasteiger partial charge >= 0.3 is 12.5 Å². The van der Waals surface area contributed by atoms with E-state index < -0.39 is 18.1 Å². The van der Waals surface area contributed by atoms with Crippen molar-refractivity contribution in [1.29, 1.82) is 0 Å². The standard InChI is InChI=1S/C33H40F3N5O4/c1-32(2,3)45-31(43)37-13-12-25-20-38-30(42)28-19-27(24-6-5-7-26(18-24)44-33(34,35)36)29(41(25)28)23-10-8-22(9-11-23)21-40-16-14-39(4)15-17-40/h5-11,18-19,25H,12-17,20-21H2,1-4H3,(H,37,43)(H,38,42)/t25-/m0/s1. The number of benzene rings is 2. The number of rotatable bonds is 8.